The van der Waals surface area contributed by atoms with Gasteiger partial charge < -0.3 is 5.73 Å². The lowest BCUT2D eigenvalue weighted by Crippen LogP contribution is -2.50. The number of fused-ring (bicyclic) bond motifs is 2. The van der Waals surface area contributed by atoms with E-state index in [1.165, 1.54) is 0 Å². The summed E-state index contributed by atoms with van der Waals surface area (Å²) >= 11 is 1.55. The first kappa shape index (κ1) is 17.2. The third-order valence-electron chi connectivity index (χ3n) is 6.43. The van der Waals surface area contributed by atoms with Crippen LogP contribution in [0, 0.1) is 22.7 Å². The molecule has 1 heterocycles. The van der Waals surface area contributed by atoms with Crippen molar-refractivity contribution >= 4 is 22.9 Å². The predicted molar refractivity (Wildman–Crippen MR) is 107 cm³/mol. The molecule has 5 rings (SSSR count). The van der Waals surface area contributed by atoms with Gasteiger partial charge in [0.15, 0.2) is 11.6 Å². The molecule has 2 N–H and O–H groups in total. The summed E-state index contributed by atoms with van der Waals surface area (Å²) in [7, 11) is 0. The molecule has 138 valence electrons. The second kappa shape index (κ2) is 6.02. The van der Waals surface area contributed by atoms with Crippen LogP contribution in [-0.2, 0) is 0 Å². The lowest BCUT2D eigenvalue weighted by atomic mass is 9.55. The second-order valence-corrected chi connectivity index (χ2v) is 8.58. The molecular formula is C23H18N2O2S. The number of nitrogens with two attached hydrogens (primary N) is 1. The van der Waals surface area contributed by atoms with Crippen molar-refractivity contribution in [3.8, 4) is 6.07 Å². The Morgan fingerprint density at radius 2 is 1.82 bits per heavy atom. The summed E-state index contributed by atoms with van der Waals surface area (Å²) in [6, 6.07) is 13.1. The van der Waals surface area contributed by atoms with E-state index in [9.17, 15) is 14.9 Å². The molecule has 2 atom stereocenters. The number of carbonyl (C=O) groups excluding carboxylic acids is 2. The fourth-order valence-corrected chi connectivity index (χ4v) is 6.26. The minimum Gasteiger partial charge on any atom is -0.400 e. The normalized spacial score (nSPS) is 25.3. The van der Waals surface area contributed by atoms with Gasteiger partial charge in [0.2, 0.25) is 0 Å². The zero-order chi connectivity index (χ0) is 19.5. The number of hydrogen-bond acceptors (Lipinski definition) is 5. The van der Waals surface area contributed by atoms with Crippen LogP contribution in [0.15, 0.2) is 64.7 Å². The fraction of sp³-hybridized carbons (Fsp3) is 0.261. The number of ketones is 2. The van der Waals surface area contributed by atoms with Crippen molar-refractivity contribution in [2.45, 2.75) is 25.2 Å². The van der Waals surface area contributed by atoms with Gasteiger partial charge in [0.05, 0.1) is 5.57 Å². The van der Waals surface area contributed by atoms with Crippen LogP contribution in [0.25, 0.3) is 0 Å². The quantitative estimate of drug-likeness (QED) is 0.738. The molecule has 0 saturated heterocycles. The highest BCUT2D eigenvalue weighted by molar-refractivity contribution is 7.10. The molecule has 1 spiro atoms. The molecule has 0 aliphatic heterocycles. The van der Waals surface area contributed by atoms with E-state index in [0.717, 1.165) is 29.7 Å². The summed E-state index contributed by atoms with van der Waals surface area (Å²) in [4.78, 5) is 28.5. The first-order chi connectivity index (χ1) is 13.6. The van der Waals surface area contributed by atoms with E-state index in [2.05, 4.69) is 12.1 Å². The zero-order valence-corrected chi connectivity index (χ0v) is 16.0. The Bertz CT molecular complexity index is 1080. The van der Waals surface area contributed by atoms with Crippen LogP contribution in [0.1, 0.15) is 50.8 Å². The number of nitriles is 1. The number of thiophene rings is 1. The molecule has 0 unspecified atom stereocenters. The van der Waals surface area contributed by atoms with Crippen molar-refractivity contribution in [3.63, 3.8) is 0 Å². The predicted octanol–water partition coefficient (Wildman–Crippen LogP) is 4.37. The number of rotatable bonds is 1. The van der Waals surface area contributed by atoms with Crippen LogP contribution in [0.3, 0.4) is 0 Å². The number of hydrogen-bond donors (Lipinski definition) is 1. The van der Waals surface area contributed by atoms with Gasteiger partial charge in [-0.05, 0) is 42.2 Å². The fourth-order valence-electron chi connectivity index (χ4n) is 5.30. The van der Waals surface area contributed by atoms with E-state index >= 15 is 0 Å². The molecule has 2 aromatic rings. The summed E-state index contributed by atoms with van der Waals surface area (Å²) in [6.45, 7) is 0. The maximum atomic E-state index is 13.8. The van der Waals surface area contributed by atoms with Gasteiger partial charge in [0.1, 0.15) is 11.5 Å². The van der Waals surface area contributed by atoms with Crippen molar-refractivity contribution in [1.82, 2.24) is 0 Å². The maximum absolute atomic E-state index is 13.8. The van der Waals surface area contributed by atoms with Crippen molar-refractivity contribution in [2.24, 2.45) is 17.1 Å². The lowest BCUT2D eigenvalue weighted by molar-refractivity contribution is 0.0662. The molecule has 1 aromatic carbocycles. The van der Waals surface area contributed by atoms with Crippen LogP contribution >= 0.6 is 11.3 Å². The molecule has 4 nitrogen and oxygen atoms in total. The first-order valence-corrected chi connectivity index (χ1v) is 10.3. The molecule has 28 heavy (non-hydrogen) atoms. The van der Waals surface area contributed by atoms with Crippen LogP contribution in [0.4, 0.5) is 0 Å². The lowest BCUT2D eigenvalue weighted by Gasteiger charge is -2.46. The Labute approximate surface area is 167 Å². The average Bonchev–Trinajstić information content (AvgIpc) is 3.32. The van der Waals surface area contributed by atoms with Gasteiger partial charge in [-0.15, -0.1) is 11.3 Å². The van der Waals surface area contributed by atoms with Crippen molar-refractivity contribution in [3.05, 3.63) is 80.7 Å². The van der Waals surface area contributed by atoms with Crippen LogP contribution < -0.4 is 5.73 Å². The SMILES string of the molecule is N#CC1=C(N)C2(C(=O)c3ccccc3C2=O)[C@@H](c2cccs2)[C@@H]2CCCC=C12. The van der Waals surface area contributed by atoms with Gasteiger partial charge in [-0.25, -0.2) is 0 Å². The van der Waals surface area contributed by atoms with Crippen LogP contribution in [0.2, 0.25) is 0 Å². The zero-order valence-electron chi connectivity index (χ0n) is 15.1. The smallest absolute Gasteiger partial charge is 0.184 e. The Balaban J connectivity index is 1.88. The van der Waals surface area contributed by atoms with E-state index in [1.807, 2.05) is 17.5 Å². The minimum atomic E-state index is -1.51. The van der Waals surface area contributed by atoms with Crippen molar-refractivity contribution in [2.75, 3.05) is 0 Å². The molecule has 0 fully saturated rings. The topological polar surface area (TPSA) is 83.9 Å². The average molecular weight is 386 g/mol. The molecule has 1 aromatic heterocycles. The Kier molecular flexibility index (Phi) is 3.68. The van der Waals surface area contributed by atoms with E-state index in [-0.39, 0.29) is 29.1 Å². The molecule has 5 heteroatoms. The van der Waals surface area contributed by atoms with Crippen LogP contribution in [-0.4, -0.2) is 11.6 Å². The number of benzene rings is 1. The van der Waals surface area contributed by atoms with Gasteiger partial charge in [0.25, 0.3) is 0 Å². The largest absolute Gasteiger partial charge is 0.400 e. The highest BCUT2D eigenvalue weighted by Gasteiger charge is 2.65. The Morgan fingerprint density at radius 1 is 1.11 bits per heavy atom. The summed E-state index contributed by atoms with van der Waals surface area (Å²) in [6.07, 6.45) is 4.77. The highest BCUT2D eigenvalue weighted by Crippen LogP contribution is 2.61. The number of Topliss-reactive ketones (excluding diaryl/α,β-unsaturated/α-hetero) is 2. The van der Waals surface area contributed by atoms with Gasteiger partial charge in [0, 0.05) is 27.6 Å². The maximum Gasteiger partial charge on any atom is 0.184 e. The van der Waals surface area contributed by atoms with Gasteiger partial charge >= 0.3 is 0 Å². The molecular weight excluding hydrogens is 368 g/mol. The molecule has 0 radical (unpaired) electrons. The number of allylic oxidation sites excluding steroid dienone is 4. The van der Waals surface area contributed by atoms with E-state index in [4.69, 9.17) is 5.73 Å². The molecule has 3 aliphatic rings. The highest BCUT2D eigenvalue weighted by atomic mass is 32.1. The number of carbonyl (C=O) groups is 2. The van der Waals surface area contributed by atoms with Crippen molar-refractivity contribution in [1.29, 1.82) is 5.26 Å². The first-order valence-electron chi connectivity index (χ1n) is 9.45. The third kappa shape index (κ3) is 1.93. The third-order valence-corrected chi connectivity index (χ3v) is 7.38. The molecule has 3 aliphatic carbocycles. The van der Waals surface area contributed by atoms with Gasteiger partial charge in [-0.2, -0.15) is 5.26 Å². The van der Waals surface area contributed by atoms with Crippen molar-refractivity contribution < 1.29 is 9.59 Å². The molecule has 0 saturated carbocycles. The summed E-state index contributed by atoms with van der Waals surface area (Å²) in [5, 5.41) is 11.9. The van der Waals surface area contributed by atoms with Gasteiger partial charge in [-0.1, -0.05) is 36.4 Å². The summed E-state index contributed by atoms with van der Waals surface area (Å²) in [5.41, 5.74) is 7.25. The van der Waals surface area contributed by atoms with Gasteiger partial charge in [-0.3, -0.25) is 9.59 Å². The van der Waals surface area contributed by atoms with Crippen LogP contribution in [0.5, 0.6) is 0 Å². The number of nitrogens with zero attached hydrogens (tertiary/aromatic N) is 1. The minimum absolute atomic E-state index is 0.0587. The standard InChI is InChI=1S/C23H18N2O2S/c24-12-17-13-6-1-2-7-14(13)19(18-10-5-11-28-18)23(20(17)25)21(26)15-8-3-4-9-16(15)22(23)27/h3-6,8-11,14,19H,1-2,7,25H2/t14-,19-/m1/s1. The molecule has 0 amide bonds. The Hall–Kier alpha value is -2.97. The van der Waals surface area contributed by atoms with E-state index in [1.54, 1.807) is 35.6 Å². The Morgan fingerprint density at radius 3 is 2.43 bits per heavy atom. The van der Waals surface area contributed by atoms with E-state index < -0.39 is 5.41 Å². The van der Waals surface area contributed by atoms with E-state index in [0.29, 0.717) is 16.7 Å². The summed E-state index contributed by atoms with van der Waals surface area (Å²) in [5.74, 6) is -0.956. The molecule has 0 bridgehead atoms. The summed E-state index contributed by atoms with van der Waals surface area (Å²) < 4.78 is 0. The second-order valence-electron chi connectivity index (χ2n) is 7.60. The monoisotopic (exact) mass is 386 g/mol.